The molecule has 112 valence electrons. The molecule has 0 nitrogen and oxygen atoms in total. The first-order valence-corrected chi connectivity index (χ1v) is 7.26. The zero-order valence-electron chi connectivity index (χ0n) is 12.6. The summed E-state index contributed by atoms with van der Waals surface area (Å²) >= 11 is 0. The number of fused-ring (bicyclic) bond motifs is 1. The van der Waals surface area contributed by atoms with Crippen LogP contribution in [0.5, 0.6) is 0 Å². The van der Waals surface area contributed by atoms with Crippen molar-refractivity contribution in [3.8, 4) is 11.8 Å². The van der Waals surface area contributed by atoms with Gasteiger partial charge in [-0.1, -0.05) is 59.9 Å². The lowest BCUT2D eigenvalue weighted by molar-refractivity contribution is 0.672. The summed E-state index contributed by atoms with van der Waals surface area (Å²) in [6.07, 6.45) is -0.0145. The van der Waals surface area contributed by atoms with Crippen molar-refractivity contribution in [3.63, 3.8) is 0 Å². The molecule has 0 aromatic heterocycles. The van der Waals surface area contributed by atoms with Crippen LogP contribution in [0.15, 0.2) is 67.0 Å². The summed E-state index contributed by atoms with van der Waals surface area (Å²) in [5.74, 6) is 5.36. The van der Waals surface area contributed by atoms with Gasteiger partial charge < -0.3 is 0 Å². The largest absolute Gasteiger partial charge is 0.212 e. The molecule has 0 N–H and O–H groups in total. The molecular formula is C21H14F2. The quantitative estimate of drug-likeness (QED) is 0.499. The first-order valence-electron chi connectivity index (χ1n) is 7.26. The Morgan fingerprint density at radius 1 is 0.870 bits per heavy atom. The van der Waals surface area contributed by atoms with Crippen LogP contribution < -0.4 is 0 Å². The van der Waals surface area contributed by atoms with Gasteiger partial charge in [0.1, 0.15) is 6.33 Å². The molecule has 0 amide bonds. The van der Waals surface area contributed by atoms with Crippen LogP contribution in [0.25, 0.3) is 16.6 Å². The van der Waals surface area contributed by atoms with Crippen molar-refractivity contribution in [2.45, 2.75) is 6.92 Å². The Hall–Kier alpha value is -2.92. The van der Waals surface area contributed by atoms with Crippen LogP contribution in [-0.2, 0) is 0 Å². The summed E-state index contributed by atoms with van der Waals surface area (Å²) in [6, 6.07) is 18.5. The van der Waals surface area contributed by atoms with Crippen LogP contribution in [0.2, 0.25) is 0 Å². The molecule has 3 aromatic carbocycles. The lowest BCUT2D eigenvalue weighted by atomic mass is 9.99. The maximum absolute atomic E-state index is 13.7. The molecule has 0 saturated heterocycles. The predicted molar refractivity (Wildman–Crippen MR) is 91.3 cm³/mol. The Morgan fingerprint density at radius 3 is 2.26 bits per heavy atom. The molecule has 0 aliphatic heterocycles. The van der Waals surface area contributed by atoms with Gasteiger partial charge in [-0.15, -0.1) is 0 Å². The van der Waals surface area contributed by atoms with Gasteiger partial charge in [0.05, 0.1) is 0 Å². The van der Waals surface area contributed by atoms with Gasteiger partial charge in [-0.2, -0.15) is 0 Å². The molecule has 0 heterocycles. The SMILES string of the molecule is Cc1ccc(C#Cc2ccc(/C(F)=C\F)c3ccccc23)cc1. The molecule has 0 aliphatic carbocycles. The van der Waals surface area contributed by atoms with E-state index in [-0.39, 0.29) is 11.9 Å². The van der Waals surface area contributed by atoms with Crippen LogP contribution >= 0.6 is 0 Å². The summed E-state index contributed by atoms with van der Waals surface area (Å²) in [5, 5.41) is 1.45. The Morgan fingerprint density at radius 2 is 1.57 bits per heavy atom. The van der Waals surface area contributed by atoms with Gasteiger partial charge in [-0.05, 0) is 35.9 Å². The fourth-order valence-corrected chi connectivity index (χ4v) is 2.45. The van der Waals surface area contributed by atoms with Crippen molar-refractivity contribution in [2.24, 2.45) is 0 Å². The molecule has 3 rings (SSSR count). The standard InChI is InChI=1S/C21H14F2/c1-15-6-8-16(9-7-15)10-11-17-12-13-20(21(23)14-22)19-5-3-2-4-18(17)19/h2-9,12-14H,1H3/b21-14+. The first kappa shape index (κ1) is 15.0. The number of aryl methyl sites for hydroxylation is 1. The van der Waals surface area contributed by atoms with Crippen molar-refractivity contribution in [2.75, 3.05) is 0 Å². The van der Waals surface area contributed by atoms with E-state index < -0.39 is 5.83 Å². The van der Waals surface area contributed by atoms with Crippen molar-refractivity contribution in [3.05, 3.63) is 89.2 Å². The molecule has 0 saturated carbocycles. The molecule has 0 aliphatic rings. The second-order valence-corrected chi connectivity index (χ2v) is 5.28. The number of benzene rings is 3. The molecule has 0 unspecified atom stereocenters. The highest BCUT2D eigenvalue weighted by Crippen LogP contribution is 2.28. The van der Waals surface area contributed by atoms with E-state index in [2.05, 4.69) is 11.8 Å². The molecule has 3 aromatic rings. The fourth-order valence-electron chi connectivity index (χ4n) is 2.45. The third-order valence-corrected chi connectivity index (χ3v) is 3.67. The van der Waals surface area contributed by atoms with Gasteiger partial charge in [0.2, 0.25) is 0 Å². The second-order valence-electron chi connectivity index (χ2n) is 5.28. The van der Waals surface area contributed by atoms with E-state index in [4.69, 9.17) is 0 Å². The van der Waals surface area contributed by atoms with Crippen molar-refractivity contribution in [1.29, 1.82) is 0 Å². The van der Waals surface area contributed by atoms with Gasteiger partial charge in [0.15, 0.2) is 5.83 Å². The molecule has 0 atom stereocenters. The predicted octanol–water partition coefficient (Wildman–Crippen LogP) is 5.79. The summed E-state index contributed by atoms with van der Waals surface area (Å²) in [4.78, 5) is 0. The average molecular weight is 304 g/mol. The topological polar surface area (TPSA) is 0 Å². The Balaban J connectivity index is 2.12. The highest BCUT2D eigenvalue weighted by Gasteiger charge is 2.08. The average Bonchev–Trinajstić information content (AvgIpc) is 2.60. The molecule has 0 fully saturated rings. The fraction of sp³-hybridized carbons (Fsp3) is 0.0476. The molecule has 0 bridgehead atoms. The van der Waals surface area contributed by atoms with Gasteiger partial charge in [0, 0.05) is 16.7 Å². The van der Waals surface area contributed by atoms with E-state index in [1.165, 1.54) is 5.56 Å². The molecule has 0 spiro atoms. The number of hydrogen-bond donors (Lipinski definition) is 0. The molecule has 0 radical (unpaired) electrons. The van der Waals surface area contributed by atoms with Crippen LogP contribution in [-0.4, -0.2) is 0 Å². The highest BCUT2D eigenvalue weighted by molar-refractivity contribution is 5.96. The zero-order valence-corrected chi connectivity index (χ0v) is 12.6. The van der Waals surface area contributed by atoms with Crippen LogP contribution in [0.3, 0.4) is 0 Å². The zero-order chi connectivity index (χ0) is 16.2. The van der Waals surface area contributed by atoms with Crippen LogP contribution in [0.4, 0.5) is 8.78 Å². The minimum atomic E-state index is -0.876. The second kappa shape index (κ2) is 6.46. The normalized spacial score (nSPS) is 11.2. The van der Waals surface area contributed by atoms with Crippen LogP contribution in [0, 0.1) is 18.8 Å². The van der Waals surface area contributed by atoms with Crippen molar-refractivity contribution in [1.82, 2.24) is 0 Å². The van der Waals surface area contributed by atoms with Gasteiger partial charge in [0.25, 0.3) is 0 Å². The van der Waals surface area contributed by atoms with E-state index in [1.807, 2.05) is 43.3 Å². The van der Waals surface area contributed by atoms with E-state index in [0.717, 1.165) is 16.5 Å². The monoisotopic (exact) mass is 304 g/mol. The Labute approximate surface area is 134 Å². The molecular weight excluding hydrogens is 290 g/mol. The minimum Gasteiger partial charge on any atom is -0.212 e. The van der Waals surface area contributed by atoms with Crippen LogP contribution in [0.1, 0.15) is 22.3 Å². The number of hydrogen-bond acceptors (Lipinski definition) is 0. The minimum absolute atomic E-state index is 0.0145. The first-order chi connectivity index (χ1) is 11.2. The van der Waals surface area contributed by atoms with E-state index >= 15 is 0 Å². The third kappa shape index (κ3) is 3.14. The van der Waals surface area contributed by atoms with E-state index in [1.54, 1.807) is 24.3 Å². The maximum Gasteiger partial charge on any atom is 0.159 e. The van der Waals surface area contributed by atoms with Crippen molar-refractivity contribution >= 4 is 16.6 Å². The molecule has 23 heavy (non-hydrogen) atoms. The maximum atomic E-state index is 13.7. The highest BCUT2D eigenvalue weighted by atomic mass is 19.2. The van der Waals surface area contributed by atoms with Gasteiger partial charge in [-0.25, -0.2) is 8.78 Å². The lowest BCUT2D eigenvalue weighted by Crippen LogP contribution is -1.86. The Bertz CT molecular complexity index is 939. The van der Waals surface area contributed by atoms with E-state index in [0.29, 0.717) is 5.39 Å². The number of halogens is 2. The van der Waals surface area contributed by atoms with Gasteiger partial charge in [-0.3, -0.25) is 0 Å². The summed E-state index contributed by atoms with van der Waals surface area (Å²) in [5.41, 5.74) is 3.12. The summed E-state index contributed by atoms with van der Waals surface area (Å²) in [7, 11) is 0. The number of rotatable bonds is 1. The lowest BCUT2D eigenvalue weighted by Gasteiger charge is -2.06. The van der Waals surface area contributed by atoms with Gasteiger partial charge >= 0.3 is 0 Å². The Kier molecular flexibility index (Phi) is 4.21. The third-order valence-electron chi connectivity index (χ3n) is 3.67. The van der Waals surface area contributed by atoms with Crippen molar-refractivity contribution < 1.29 is 8.78 Å². The smallest absolute Gasteiger partial charge is 0.159 e. The summed E-state index contributed by atoms with van der Waals surface area (Å²) < 4.78 is 26.2. The summed E-state index contributed by atoms with van der Waals surface area (Å²) in [6.45, 7) is 2.02. The van der Waals surface area contributed by atoms with E-state index in [9.17, 15) is 8.78 Å². The molecule has 2 heteroatoms.